The maximum absolute atomic E-state index is 5.58. The molecule has 0 aliphatic heterocycles. The van der Waals surface area contributed by atoms with Crippen molar-refractivity contribution in [1.29, 1.82) is 0 Å². The molecule has 2 heteroatoms. The van der Waals surface area contributed by atoms with Gasteiger partial charge >= 0.3 is 0 Å². The van der Waals surface area contributed by atoms with E-state index < -0.39 is 0 Å². The molecule has 1 saturated carbocycles. The predicted octanol–water partition coefficient (Wildman–Crippen LogP) is 8.22. The van der Waals surface area contributed by atoms with Crippen molar-refractivity contribution in [3.05, 3.63) is 146 Å². The summed E-state index contributed by atoms with van der Waals surface area (Å²) in [4.78, 5) is 0. The van der Waals surface area contributed by atoms with Crippen molar-refractivity contribution >= 4 is 0 Å². The highest BCUT2D eigenvalue weighted by Gasteiger charge is 2.35. The molecule has 34 heavy (non-hydrogen) atoms. The van der Waals surface area contributed by atoms with Crippen molar-refractivity contribution in [2.45, 2.75) is 44.9 Å². The van der Waals surface area contributed by atoms with Gasteiger partial charge in [-0.3, -0.25) is 0 Å². The molecule has 4 N–H and O–H groups in total. The summed E-state index contributed by atoms with van der Waals surface area (Å²) in [5.74, 6) is 0. The predicted molar refractivity (Wildman–Crippen MR) is 153 cm³/mol. The van der Waals surface area contributed by atoms with E-state index in [-0.39, 0.29) is 5.41 Å². The fourth-order valence-corrected chi connectivity index (χ4v) is 4.03. The van der Waals surface area contributed by atoms with E-state index in [4.69, 9.17) is 11.5 Å². The molecule has 0 saturated heterocycles. The molecule has 1 rings (SSSR count). The summed E-state index contributed by atoms with van der Waals surface area (Å²) in [7, 11) is 0. The number of hydrogen-bond acceptors (Lipinski definition) is 2. The Bertz CT molecular complexity index is 908. The fourth-order valence-electron chi connectivity index (χ4n) is 4.03. The molecule has 0 aromatic heterocycles. The summed E-state index contributed by atoms with van der Waals surface area (Å²) in [5.41, 5.74) is 18.0. The third-order valence-electron chi connectivity index (χ3n) is 5.95. The molecule has 0 aromatic carbocycles. The van der Waals surface area contributed by atoms with E-state index in [1.165, 1.54) is 6.42 Å². The molecule has 0 radical (unpaired) electrons. The minimum Gasteiger partial charge on any atom is -0.399 e. The van der Waals surface area contributed by atoms with Gasteiger partial charge in [0.25, 0.3) is 0 Å². The van der Waals surface area contributed by atoms with Crippen LogP contribution >= 0.6 is 0 Å². The van der Waals surface area contributed by atoms with Gasteiger partial charge in [0.15, 0.2) is 0 Å². The number of nitrogens with two attached hydrogens (primary N) is 2. The molecule has 0 amide bonds. The first kappa shape index (κ1) is 28.5. The SMILES string of the molecule is C=C(N)/C=C\C(=C)CC(=C)/C=C\C(=C)C1(C(=C)/C=C\C(=C)CC(=C)/C=C\C(=C)N)CCCCC1. The summed E-state index contributed by atoms with van der Waals surface area (Å²) in [6.07, 6.45) is 22.5. The number of rotatable bonds is 14. The van der Waals surface area contributed by atoms with Crippen molar-refractivity contribution in [3.8, 4) is 0 Å². The molecule has 0 unspecified atom stereocenters. The van der Waals surface area contributed by atoms with Crippen molar-refractivity contribution in [3.63, 3.8) is 0 Å². The van der Waals surface area contributed by atoms with Crippen LogP contribution in [0.4, 0.5) is 0 Å². The van der Waals surface area contributed by atoms with Crippen LogP contribution in [0, 0.1) is 5.41 Å². The zero-order chi connectivity index (χ0) is 25.7. The van der Waals surface area contributed by atoms with Gasteiger partial charge in [-0.15, -0.1) is 0 Å². The lowest BCUT2D eigenvalue weighted by atomic mass is 9.65. The monoisotopic (exact) mass is 454 g/mol. The molecule has 1 aliphatic carbocycles. The van der Waals surface area contributed by atoms with Gasteiger partial charge in [-0.25, -0.2) is 0 Å². The summed E-state index contributed by atoms with van der Waals surface area (Å²) in [6.45, 7) is 32.7. The van der Waals surface area contributed by atoms with Gasteiger partial charge in [0.1, 0.15) is 0 Å². The summed E-state index contributed by atoms with van der Waals surface area (Å²) in [6, 6.07) is 0. The van der Waals surface area contributed by atoms with E-state index in [9.17, 15) is 0 Å². The molecule has 1 aliphatic rings. The smallest absolute Gasteiger partial charge is 0.0241 e. The molecule has 180 valence electrons. The molecule has 2 nitrogen and oxygen atoms in total. The zero-order valence-corrected chi connectivity index (χ0v) is 20.9. The van der Waals surface area contributed by atoms with Gasteiger partial charge in [-0.1, -0.05) is 131 Å². The van der Waals surface area contributed by atoms with Gasteiger partial charge in [-0.2, -0.15) is 0 Å². The highest BCUT2D eigenvalue weighted by atomic mass is 14.5. The minimum atomic E-state index is -0.145. The summed E-state index contributed by atoms with van der Waals surface area (Å²) in [5, 5.41) is 0. The molecule has 0 spiro atoms. The Labute approximate surface area is 207 Å². The molecular formula is C32H42N2. The lowest BCUT2D eigenvalue weighted by molar-refractivity contribution is 0.302. The van der Waals surface area contributed by atoms with E-state index in [1.807, 2.05) is 24.3 Å². The van der Waals surface area contributed by atoms with E-state index in [0.717, 1.165) is 59.1 Å². The Morgan fingerprint density at radius 2 is 0.824 bits per heavy atom. The second kappa shape index (κ2) is 13.9. The first-order valence-electron chi connectivity index (χ1n) is 11.7. The summed E-state index contributed by atoms with van der Waals surface area (Å²) < 4.78 is 0. The van der Waals surface area contributed by atoms with Gasteiger partial charge in [0.2, 0.25) is 0 Å². The second-order valence-corrected chi connectivity index (χ2v) is 9.16. The van der Waals surface area contributed by atoms with Crippen molar-refractivity contribution < 1.29 is 0 Å². The Morgan fingerprint density at radius 3 is 1.15 bits per heavy atom. The van der Waals surface area contributed by atoms with Crippen LogP contribution in [0.1, 0.15) is 44.9 Å². The van der Waals surface area contributed by atoms with Crippen LogP contribution in [0.5, 0.6) is 0 Å². The second-order valence-electron chi connectivity index (χ2n) is 9.16. The Balaban J connectivity index is 2.89. The van der Waals surface area contributed by atoms with Crippen LogP contribution in [0.25, 0.3) is 0 Å². The Hall–Kier alpha value is -3.52. The number of hydrogen-bond donors (Lipinski definition) is 2. The van der Waals surface area contributed by atoms with Gasteiger partial charge in [0.05, 0.1) is 0 Å². The van der Waals surface area contributed by atoms with Crippen LogP contribution in [-0.2, 0) is 0 Å². The topological polar surface area (TPSA) is 52.0 Å². The zero-order valence-electron chi connectivity index (χ0n) is 20.9. The van der Waals surface area contributed by atoms with E-state index in [2.05, 4.69) is 64.8 Å². The maximum Gasteiger partial charge on any atom is 0.0241 e. The highest BCUT2D eigenvalue weighted by molar-refractivity contribution is 5.43. The van der Waals surface area contributed by atoms with Gasteiger partial charge < -0.3 is 11.5 Å². The normalized spacial score (nSPS) is 15.6. The molecule has 0 heterocycles. The lowest BCUT2D eigenvalue weighted by Crippen LogP contribution is -2.27. The molecule has 1 fully saturated rings. The molecular weight excluding hydrogens is 412 g/mol. The van der Waals surface area contributed by atoms with Gasteiger partial charge in [-0.05, 0) is 49.0 Å². The van der Waals surface area contributed by atoms with Crippen LogP contribution in [0.2, 0.25) is 0 Å². The van der Waals surface area contributed by atoms with Gasteiger partial charge in [0, 0.05) is 16.8 Å². The van der Waals surface area contributed by atoms with Crippen LogP contribution in [0.3, 0.4) is 0 Å². The summed E-state index contributed by atoms with van der Waals surface area (Å²) >= 11 is 0. The Morgan fingerprint density at radius 1 is 0.500 bits per heavy atom. The first-order chi connectivity index (χ1) is 16.0. The molecule has 0 atom stereocenters. The maximum atomic E-state index is 5.58. The number of allylic oxidation sites excluding steroid dienone is 14. The quantitative estimate of drug-likeness (QED) is 0.260. The van der Waals surface area contributed by atoms with E-state index in [1.54, 1.807) is 12.2 Å². The average Bonchev–Trinajstić information content (AvgIpc) is 2.78. The first-order valence-corrected chi connectivity index (χ1v) is 11.7. The highest BCUT2D eigenvalue weighted by Crippen LogP contribution is 2.48. The Kier molecular flexibility index (Phi) is 11.7. The van der Waals surface area contributed by atoms with Crippen LogP contribution in [-0.4, -0.2) is 0 Å². The minimum absolute atomic E-state index is 0.145. The molecule has 0 aromatic rings. The average molecular weight is 455 g/mol. The van der Waals surface area contributed by atoms with Crippen molar-refractivity contribution in [2.75, 3.05) is 0 Å². The van der Waals surface area contributed by atoms with Crippen molar-refractivity contribution in [2.24, 2.45) is 16.9 Å². The fraction of sp³-hybridized carbons (Fsp3) is 0.250. The third kappa shape index (κ3) is 9.95. The largest absolute Gasteiger partial charge is 0.399 e. The third-order valence-corrected chi connectivity index (χ3v) is 5.95. The standard InChI is InChI=1S/C32H42N2/c1-24(22-26(3)14-18-30(7)33)12-16-28(5)32(20-10-9-11-21-32)29(6)17-13-25(2)23-27(4)15-19-31(8)34/h12-19H,1-11,20-23,33-34H2/b16-12-,17-13-,18-14-,19-15-. The molecule has 0 bridgehead atoms. The van der Waals surface area contributed by atoms with E-state index in [0.29, 0.717) is 24.2 Å². The van der Waals surface area contributed by atoms with Crippen LogP contribution < -0.4 is 11.5 Å². The van der Waals surface area contributed by atoms with Crippen molar-refractivity contribution in [1.82, 2.24) is 0 Å². The van der Waals surface area contributed by atoms with Crippen LogP contribution in [0.15, 0.2) is 146 Å². The van der Waals surface area contributed by atoms with E-state index >= 15 is 0 Å². The lowest BCUT2D eigenvalue weighted by Gasteiger charge is -2.39.